The van der Waals surface area contributed by atoms with E-state index >= 15 is 0 Å². The van der Waals surface area contributed by atoms with Crippen LogP contribution in [0.4, 0.5) is 0 Å². The van der Waals surface area contributed by atoms with Gasteiger partial charge in [-0.05, 0) is 43.9 Å². The first-order valence-corrected chi connectivity index (χ1v) is 4.45. The van der Waals surface area contributed by atoms with Gasteiger partial charge in [-0.2, -0.15) is 0 Å². The maximum Gasteiger partial charge on any atom is -0.00579 e. The fourth-order valence-electron chi connectivity index (χ4n) is 1.84. The van der Waals surface area contributed by atoms with Gasteiger partial charge in [-0.3, -0.25) is 0 Å². The molecule has 0 heterocycles. The lowest BCUT2D eigenvalue weighted by atomic mass is 10.0. The van der Waals surface area contributed by atoms with Crippen molar-refractivity contribution in [1.29, 1.82) is 0 Å². The number of aryl methyl sites for hydroxylation is 1. The molecule has 0 bridgehead atoms. The Bertz CT molecular complexity index is 356. The molecular formula is C12H14. The van der Waals surface area contributed by atoms with Crippen LogP contribution in [0.3, 0.4) is 0 Å². The number of benzene rings is 1. The van der Waals surface area contributed by atoms with E-state index < -0.39 is 0 Å². The first kappa shape index (κ1) is 7.60. The zero-order chi connectivity index (χ0) is 8.72. The first-order chi connectivity index (χ1) is 5.68. The van der Waals surface area contributed by atoms with Gasteiger partial charge in [0.1, 0.15) is 0 Å². The second-order valence-corrected chi connectivity index (χ2v) is 3.74. The van der Waals surface area contributed by atoms with Gasteiger partial charge in [-0.25, -0.2) is 0 Å². The molecule has 0 amide bonds. The molecule has 0 N–H and O–H groups in total. The Hall–Kier alpha value is -1.04. The van der Waals surface area contributed by atoms with Crippen molar-refractivity contribution in [2.75, 3.05) is 0 Å². The van der Waals surface area contributed by atoms with Crippen LogP contribution in [0.5, 0.6) is 0 Å². The van der Waals surface area contributed by atoms with Gasteiger partial charge in [0.15, 0.2) is 0 Å². The molecule has 1 aliphatic carbocycles. The predicted molar refractivity (Wildman–Crippen MR) is 53.2 cm³/mol. The highest BCUT2D eigenvalue weighted by Crippen LogP contribution is 2.32. The third-order valence-corrected chi connectivity index (χ3v) is 2.77. The minimum Gasteiger partial charge on any atom is -0.0654 e. The van der Waals surface area contributed by atoms with Crippen molar-refractivity contribution in [2.45, 2.75) is 27.2 Å². The van der Waals surface area contributed by atoms with Crippen molar-refractivity contribution in [1.82, 2.24) is 0 Å². The molecular weight excluding hydrogens is 144 g/mol. The van der Waals surface area contributed by atoms with E-state index in [9.17, 15) is 0 Å². The van der Waals surface area contributed by atoms with E-state index in [0.29, 0.717) is 0 Å². The highest BCUT2D eigenvalue weighted by atomic mass is 14.2. The Labute approximate surface area is 73.9 Å². The SMILES string of the molecule is CC1=C(C)c2cc(C)ccc2C1. The second kappa shape index (κ2) is 2.48. The number of fused-ring (bicyclic) bond motifs is 1. The summed E-state index contributed by atoms with van der Waals surface area (Å²) in [6.07, 6.45) is 1.15. The predicted octanol–water partition coefficient (Wildman–Crippen LogP) is 3.34. The molecule has 1 aromatic carbocycles. The van der Waals surface area contributed by atoms with E-state index in [2.05, 4.69) is 39.0 Å². The number of hydrogen-bond acceptors (Lipinski definition) is 0. The summed E-state index contributed by atoms with van der Waals surface area (Å²) in [6, 6.07) is 6.75. The van der Waals surface area contributed by atoms with Gasteiger partial charge >= 0.3 is 0 Å². The molecule has 0 radical (unpaired) electrons. The van der Waals surface area contributed by atoms with Crippen LogP contribution in [-0.2, 0) is 6.42 Å². The lowest BCUT2D eigenvalue weighted by molar-refractivity contribution is 1.19. The van der Waals surface area contributed by atoms with E-state index in [1.165, 1.54) is 27.8 Å². The van der Waals surface area contributed by atoms with Crippen molar-refractivity contribution in [2.24, 2.45) is 0 Å². The van der Waals surface area contributed by atoms with Crippen LogP contribution in [0.15, 0.2) is 23.8 Å². The van der Waals surface area contributed by atoms with Crippen LogP contribution < -0.4 is 0 Å². The number of rotatable bonds is 0. The van der Waals surface area contributed by atoms with Crippen LogP contribution in [0.25, 0.3) is 5.57 Å². The summed E-state index contributed by atoms with van der Waals surface area (Å²) in [6.45, 7) is 6.60. The summed E-state index contributed by atoms with van der Waals surface area (Å²) in [4.78, 5) is 0. The van der Waals surface area contributed by atoms with Gasteiger partial charge in [-0.1, -0.05) is 29.3 Å². The van der Waals surface area contributed by atoms with Gasteiger partial charge in [-0.15, -0.1) is 0 Å². The van der Waals surface area contributed by atoms with Crippen LogP contribution >= 0.6 is 0 Å². The summed E-state index contributed by atoms with van der Waals surface area (Å²) < 4.78 is 0. The van der Waals surface area contributed by atoms with Crippen LogP contribution in [-0.4, -0.2) is 0 Å². The molecule has 12 heavy (non-hydrogen) atoms. The maximum absolute atomic E-state index is 2.29. The topological polar surface area (TPSA) is 0 Å². The Morgan fingerprint density at radius 3 is 2.58 bits per heavy atom. The van der Waals surface area contributed by atoms with Gasteiger partial charge in [0.05, 0.1) is 0 Å². The number of hydrogen-bond donors (Lipinski definition) is 0. The monoisotopic (exact) mass is 158 g/mol. The molecule has 0 nitrogen and oxygen atoms in total. The average molecular weight is 158 g/mol. The summed E-state index contributed by atoms with van der Waals surface area (Å²) in [5, 5.41) is 0. The molecule has 1 aliphatic rings. The quantitative estimate of drug-likeness (QED) is 0.543. The first-order valence-electron chi connectivity index (χ1n) is 4.45. The van der Waals surface area contributed by atoms with Crippen LogP contribution in [0.1, 0.15) is 30.5 Å². The molecule has 2 rings (SSSR count). The molecule has 0 atom stereocenters. The fraction of sp³-hybridized carbons (Fsp3) is 0.333. The molecule has 0 aliphatic heterocycles. The highest BCUT2D eigenvalue weighted by molar-refractivity contribution is 5.74. The Morgan fingerprint density at radius 2 is 1.83 bits per heavy atom. The van der Waals surface area contributed by atoms with Crippen molar-refractivity contribution in [3.05, 3.63) is 40.5 Å². The minimum absolute atomic E-state index is 1.15. The minimum atomic E-state index is 1.15. The van der Waals surface area contributed by atoms with Gasteiger partial charge in [0, 0.05) is 0 Å². The summed E-state index contributed by atoms with van der Waals surface area (Å²) in [7, 11) is 0. The maximum atomic E-state index is 2.29. The van der Waals surface area contributed by atoms with Gasteiger partial charge in [0.25, 0.3) is 0 Å². The molecule has 1 aromatic rings. The van der Waals surface area contributed by atoms with E-state index in [1.54, 1.807) is 0 Å². The lowest BCUT2D eigenvalue weighted by Gasteiger charge is -2.01. The Kier molecular flexibility index (Phi) is 1.57. The standard InChI is InChI=1S/C12H14/c1-8-4-5-11-7-9(2)10(3)12(11)6-8/h4-6H,7H2,1-3H3. The van der Waals surface area contributed by atoms with E-state index in [-0.39, 0.29) is 0 Å². The molecule has 0 unspecified atom stereocenters. The highest BCUT2D eigenvalue weighted by Gasteiger charge is 2.14. The van der Waals surface area contributed by atoms with Gasteiger partial charge < -0.3 is 0 Å². The molecule has 0 spiro atoms. The lowest BCUT2D eigenvalue weighted by Crippen LogP contribution is -1.83. The van der Waals surface area contributed by atoms with E-state index in [1.807, 2.05) is 0 Å². The fourth-order valence-corrected chi connectivity index (χ4v) is 1.84. The largest absolute Gasteiger partial charge is 0.0654 e. The summed E-state index contributed by atoms with van der Waals surface area (Å²) in [5.74, 6) is 0. The molecule has 0 heteroatoms. The average Bonchev–Trinajstić information content (AvgIpc) is 2.31. The van der Waals surface area contributed by atoms with Crippen molar-refractivity contribution in [3.63, 3.8) is 0 Å². The molecule has 0 saturated carbocycles. The molecule has 0 saturated heterocycles. The number of allylic oxidation sites excluding steroid dienone is 2. The Morgan fingerprint density at radius 1 is 1.08 bits per heavy atom. The van der Waals surface area contributed by atoms with E-state index in [0.717, 1.165) is 6.42 Å². The van der Waals surface area contributed by atoms with Gasteiger partial charge in [0.2, 0.25) is 0 Å². The third kappa shape index (κ3) is 0.989. The van der Waals surface area contributed by atoms with Crippen molar-refractivity contribution in [3.8, 4) is 0 Å². The van der Waals surface area contributed by atoms with Crippen molar-refractivity contribution < 1.29 is 0 Å². The van der Waals surface area contributed by atoms with Crippen molar-refractivity contribution >= 4 is 5.57 Å². The zero-order valence-electron chi connectivity index (χ0n) is 7.94. The summed E-state index contributed by atoms with van der Waals surface area (Å²) >= 11 is 0. The zero-order valence-corrected chi connectivity index (χ0v) is 7.94. The second-order valence-electron chi connectivity index (χ2n) is 3.74. The molecule has 0 fully saturated rings. The summed E-state index contributed by atoms with van der Waals surface area (Å²) in [5.41, 5.74) is 7.33. The third-order valence-electron chi connectivity index (χ3n) is 2.77. The van der Waals surface area contributed by atoms with Crippen LogP contribution in [0.2, 0.25) is 0 Å². The van der Waals surface area contributed by atoms with E-state index in [4.69, 9.17) is 0 Å². The van der Waals surface area contributed by atoms with Crippen LogP contribution in [0, 0.1) is 6.92 Å². The molecule has 0 aromatic heterocycles. The molecule has 62 valence electrons. The normalized spacial score (nSPS) is 15.2. The Balaban J connectivity index is 2.60. The smallest absolute Gasteiger partial charge is 0.00579 e.